The lowest BCUT2D eigenvalue weighted by atomic mass is 9.89. The normalized spacial score (nSPS) is 17.5. The fourth-order valence-electron chi connectivity index (χ4n) is 4.46. The smallest absolute Gasteiger partial charge is 0.321 e. The van der Waals surface area contributed by atoms with E-state index in [-0.39, 0.29) is 17.9 Å². The van der Waals surface area contributed by atoms with Crippen molar-refractivity contribution in [1.29, 1.82) is 0 Å². The highest BCUT2D eigenvalue weighted by Crippen LogP contribution is 2.31. The van der Waals surface area contributed by atoms with Crippen molar-refractivity contribution < 1.29 is 9.59 Å². The van der Waals surface area contributed by atoms with Gasteiger partial charge in [0.1, 0.15) is 0 Å². The average molecular weight is 441 g/mol. The Hall–Kier alpha value is -2.60. The molecule has 0 radical (unpaired) electrons. The second-order valence-electron chi connectivity index (χ2n) is 8.44. The first-order chi connectivity index (χ1) is 15.0. The number of rotatable bonds is 3. The number of nitrogens with zero attached hydrogens (tertiary/aromatic N) is 3. The second kappa shape index (κ2) is 9.69. The first kappa shape index (κ1) is 21.6. The summed E-state index contributed by atoms with van der Waals surface area (Å²) < 4.78 is 0. The van der Waals surface area contributed by atoms with Crippen molar-refractivity contribution in [2.75, 3.05) is 31.5 Å². The van der Waals surface area contributed by atoms with Crippen LogP contribution in [0.5, 0.6) is 0 Å². The van der Waals surface area contributed by atoms with Crippen LogP contribution in [0.2, 0.25) is 5.02 Å². The number of halogens is 1. The van der Waals surface area contributed by atoms with Crippen LogP contribution < -0.4 is 5.32 Å². The number of urea groups is 1. The molecule has 31 heavy (non-hydrogen) atoms. The lowest BCUT2D eigenvalue weighted by Gasteiger charge is -2.33. The lowest BCUT2D eigenvalue weighted by molar-refractivity contribution is 0.0721. The fraction of sp³-hybridized carbons (Fsp3) is 0.458. The maximum atomic E-state index is 13.2. The minimum absolute atomic E-state index is 0.100. The molecule has 0 spiro atoms. The van der Waals surface area contributed by atoms with Gasteiger partial charge in [0.15, 0.2) is 0 Å². The van der Waals surface area contributed by atoms with Gasteiger partial charge in [-0.25, -0.2) is 4.79 Å². The maximum absolute atomic E-state index is 13.2. The molecule has 1 aromatic carbocycles. The van der Waals surface area contributed by atoms with E-state index in [1.54, 1.807) is 12.1 Å². The molecule has 6 nitrogen and oxygen atoms in total. The van der Waals surface area contributed by atoms with Gasteiger partial charge in [0.25, 0.3) is 5.91 Å². The van der Waals surface area contributed by atoms with Crippen LogP contribution >= 0.6 is 11.6 Å². The minimum atomic E-state index is -0.123. The minimum Gasteiger partial charge on any atom is -0.339 e. The Morgan fingerprint density at radius 3 is 2.45 bits per heavy atom. The van der Waals surface area contributed by atoms with Crippen molar-refractivity contribution in [2.45, 2.75) is 44.9 Å². The third-order valence-corrected chi connectivity index (χ3v) is 6.42. The standard InChI is InChI=1S/C24H29ClN4O2/c1-17-8-9-21(23(30)28-12-3-2-4-13-28)22(26-17)18-10-14-29(15-11-18)24(31)27-20-7-5-6-19(25)16-20/h5-9,16,18H,2-4,10-15H2,1H3,(H,27,31). The van der Waals surface area contributed by atoms with Crippen molar-refractivity contribution in [3.8, 4) is 0 Å². The maximum Gasteiger partial charge on any atom is 0.321 e. The molecule has 2 aliphatic rings. The van der Waals surface area contributed by atoms with E-state index >= 15 is 0 Å². The molecule has 2 saturated heterocycles. The number of aromatic nitrogens is 1. The van der Waals surface area contributed by atoms with Crippen LogP contribution in [0.25, 0.3) is 0 Å². The third-order valence-electron chi connectivity index (χ3n) is 6.18. The average Bonchev–Trinajstić information content (AvgIpc) is 2.79. The first-order valence-electron chi connectivity index (χ1n) is 11.1. The number of carbonyl (C=O) groups is 2. The number of hydrogen-bond acceptors (Lipinski definition) is 3. The number of likely N-dealkylation sites (tertiary alicyclic amines) is 2. The van der Waals surface area contributed by atoms with E-state index in [1.807, 2.05) is 41.0 Å². The van der Waals surface area contributed by atoms with Crippen LogP contribution in [0.4, 0.5) is 10.5 Å². The zero-order chi connectivity index (χ0) is 21.8. The molecule has 0 aliphatic carbocycles. The lowest BCUT2D eigenvalue weighted by Crippen LogP contribution is -2.41. The number of benzene rings is 1. The molecular weight excluding hydrogens is 412 g/mol. The van der Waals surface area contributed by atoms with Gasteiger partial charge in [-0.3, -0.25) is 9.78 Å². The second-order valence-corrected chi connectivity index (χ2v) is 8.88. The van der Waals surface area contributed by atoms with Crippen LogP contribution in [0.15, 0.2) is 36.4 Å². The predicted octanol–water partition coefficient (Wildman–Crippen LogP) is 5.08. The number of amides is 3. The fourth-order valence-corrected chi connectivity index (χ4v) is 4.65. The monoisotopic (exact) mass is 440 g/mol. The van der Waals surface area contributed by atoms with E-state index in [0.717, 1.165) is 55.7 Å². The topological polar surface area (TPSA) is 65.5 Å². The molecule has 0 saturated carbocycles. The Morgan fingerprint density at radius 1 is 1.00 bits per heavy atom. The highest BCUT2D eigenvalue weighted by molar-refractivity contribution is 6.30. The zero-order valence-corrected chi connectivity index (χ0v) is 18.7. The van der Waals surface area contributed by atoms with E-state index in [0.29, 0.717) is 23.8 Å². The summed E-state index contributed by atoms with van der Waals surface area (Å²) in [5, 5.41) is 3.51. The van der Waals surface area contributed by atoms with Gasteiger partial charge in [-0.05, 0) is 69.4 Å². The molecule has 7 heteroatoms. The molecule has 164 valence electrons. The molecule has 0 bridgehead atoms. The summed E-state index contributed by atoms with van der Waals surface area (Å²) in [6.07, 6.45) is 4.92. The van der Waals surface area contributed by atoms with Crippen molar-refractivity contribution in [3.05, 3.63) is 58.4 Å². The number of piperidine rings is 2. The molecule has 4 rings (SSSR count). The van der Waals surface area contributed by atoms with Gasteiger partial charge in [0, 0.05) is 48.5 Å². The highest BCUT2D eigenvalue weighted by Gasteiger charge is 2.29. The Balaban J connectivity index is 1.43. The summed E-state index contributed by atoms with van der Waals surface area (Å²) >= 11 is 6.01. The van der Waals surface area contributed by atoms with Gasteiger partial charge >= 0.3 is 6.03 Å². The van der Waals surface area contributed by atoms with Crippen LogP contribution in [-0.4, -0.2) is 52.9 Å². The molecule has 2 aromatic rings. The summed E-state index contributed by atoms with van der Waals surface area (Å²) in [4.78, 5) is 34.4. The van der Waals surface area contributed by atoms with E-state index in [1.165, 1.54) is 6.42 Å². The summed E-state index contributed by atoms with van der Waals surface area (Å²) in [6.45, 7) is 4.88. The van der Waals surface area contributed by atoms with Gasteiger partial charge in [0.05, 0.1) is 11.3 Å². The summed E-state index contributed by atoms with van der Waals surface area (Å²) in [6, 6.07) is 10.9. The van der Waals surface area contributed by atoms with E-state index in [4.69, 9.17) is 16.6 Å². The molecule has 3 heterocycles. The van der Waals surface area contributed by atoms with Crippen molar-refractivity contribution >= 4 is 29.2 Å². The summed E-state index contributed by atoms with van der Waals surface area (Å²) in [7, 11) is 0. The third kappa shape index (κ3) is 5.18. The van der Waals surface area contributed by atoms with Crippen LogP contribution in [0, 0.1) is 6.92 Å². The number of pyridine rings is 1. The molecule has 2 aliphatic heterocycles. The van der Waals surface area contributed by atoms with E-state index in [9.17, 15) is 9.59 Å². The van der Waals surface area contributed by atoms with Crippen LogP contribution in [0.1, 0.15) is 59.8 Å². The quantitative estimate of drug-likeness (QED) is 0.723. The van der Waals surface area contributed by atoms with Gasteiger partial charge in [-0.15, -0.1) is 0 Å². The number of carbonyl (C=O) groups excluding carboxylic acids is 2. The Morgan fingerprint density at radius 2 is 1.74 bits per heavy atom. The number of anilines is 1. The van der Waals surface area contributed by atoms with Gasteiger partial charge in [0.2, 0.25) is 0 Å². The Labute approximate surface area is 188 Å². The molecule has 0 atom stereocenters. The molecule has 3 amide bonds. The van der Waals surface area contributed by atoms with Gasteiger partial charge < -0.3 is 15.1 Å². The van der Waals surface area contributed by atoms with Gasteiger partial charge in [-0.2, -0.15) is 0 Å². The predicted molar refractivity (Wildman–Crippen MR) is 123 cm³/mol. The molecule has 0 unspecified atom stereocenters. The van der Waals surface area contributed by atoms with Crippen molar-refractivity contribution in [2.24, 2.45) is 0 Å². The van der Waals surface area contributed by atoms with Crippen LogP contribution in [-0.2, 0) is 0 Å². The van der Waals surface area contributed by atoms with Crippen molar-refractivity contribution in [3.63, 3.8) is 0 Å². The van der Waals surface area contributed by atoms with E-state index in [2.05, 4.69) is 5.32 Å². The Kier molecular flexibility index (Phi) is 6.76. The van der Waals surface area contributed by atoms with Crippen LogP contribution in [0.3, 0.4) is 0 Å². The zero-order valence-electron chi connectivity index (χ0n) is 17.9. The SMILES string of the molecule is Cc1ccc(C(=O)N2CCCCC2)c(C2CCN(C(=O)Nc3cccc(Cl)c3)CC2)n1. The molecule has 2 fully saturated rings. The Bertz CT molecular complexity index is 950. The van der Waals surface area contributed by atoms with Crippen molar-refractivity contribution in [1.82, 2.24) is 14.8 Å². The molecule has 1 aromatic heterocycles. The summed E-state index contributed by atoms with van der Waals surface area (Å²) in [5.41, 5.74) is 3.24. The number of nitrogens with one attached hydrogen (secondary N) is 1. The largest absolute Gasteiger partial charge is 0.339 e. The summed E-state index contributed by atoms with van der Waals surface area (Å²) in [5.74, 6) is 0.280. The highest BCUT2D eigenvalue weighted by atomic mass is 35.5. The first-order valence-corrected chi connectivity index (χ1v) is 11.5. The van der Waals surface area contributed by atoms with Gasteiger partial charge in [-0.1, -0.05) is 17.7 Å². The molecular formula is C24H29ClN4O2. The number of hydrogen-bond donors (Lipinski definition) is 1. The molecule has 1 N–H and O–H groups in total. The number of aryl methyl sites for hydroxylation is 1. The van der Waals surface area contributed by atoms with E-state index < -0.39 is 0 Å².